The molecule has 0 aliphatic rings. The van der Waals surface area contributed by atoms with Gasteiger partial charge in [0.05, 0.1) is 11.4 Å². The van der Waals surface area contributed by atoms with Gasteiger partial charge in [-0.3, -0.25) is 9.52 Å². The number of nitrogens with one attached hydrogen (secondary N) is 2. The van der Waals surface area contributed by atoms with Crippen molar-refractivity contribution in [1.29, 1.82) is 0 Å². The predicted molar refractivity (Wildman–Crippen MR) is 94.3 cm³/mol. The van der Waals surface area contributed by atoms with Crippen LogP contribution < -0.4 is 10.0 Å². The van der Waals surface area contributed by atoms with Gasteiger partial charge in [-0.05, 0) is 49.2 Å². The quantitative estimate of drug-likeness (QED) is 0.820. The first-order valence-corrected chi connectivity index (χ1v) is 8.73. The molecule has 0 saturated carbocycles. The second-order valence-corrected chi connectivity index (χ2v) is 6.99. The lowest BCUT2D eigenvalue weighted by Crippen LogP contribution is -2.23. The minimum atomic E-state index is -3.74. The second kappa shape index (κ2) is 7.20. The molecule has 0 aliphatic heterocycles. The fourth-order valence-corrected chi connectivity index (χ4v) is 3.54. The summed E-state index contributed by atoms with van der Waals surface area (Å²) in [5.41, 5.74) is 2.13. The molecule has 0 aromatic heterocycles. The molecule has 0 radical (unpaired) electrons. The Labute approximate surface area is 142 Å². The van der Waals surface area contributed by atoms with Crippen molar-refractivity contribution in [3.63, 3.8) is 0 Å². The topological polar surface area (TPSA) is 75.3 Å². The number of hydrogen-bond donors (Lipinski definition) is 2. The average Bonchev–Trinajstić information content (AvgIpc) is 2.54. The number of terminal acetylenes is 1. The van der Waals surface area contributed by atoms with Gasteiger partial charge in [0, 0.05) is 11.3 Å². The van der Waals surface area contributed by atoms with E-state index in [0.717, 1.165) is 5.56 Å². The third-order valence-corrected chi connectivity index (χ3v) is 4.88. The van der Waals surface area contributed by atoms with Gasteiger partial charge in [0.1, 0.15) is 0 Å². The molecule has 5 nitrogen and oxygen atoms in total. The van der Waals surface area contributed by atoms with Crippen LogP contribution >= 0.6 is 0 Å². The summed E-state index contributed by atoms with van der Waals surface area (Å²) in [5, 5.41) is 2.53. The van der Waals surface area contributed by atoms with E-state index in [4.69, 9.17) is 6.42 Å². The van der Waals surface area contributed by atoms with E-state index in [1.165, 1.54) is 6.07 Å². The molecule has 0 saturated heterocycles. The zero-order valence-corrected chi connectivity index (χ0v) is 14.3. The summed E-state index contributed by atoms with van der Waals surface area (Å²) in [4.78, 5) is 12.1. The van der Waals surface area contributed by atoms with E-state index in [1.807, 2.05) is 13.0 Å². The lowest BCUT2D eigenvalue weighted by molar-refractivity contribution is 0.0958. The Morgan fingerprint density at radius 2 is 1.92 bits per heavy atom. The van der Waals surface area contributed by atoms with Crippen molar-refractivity contribution in [1.82, 2.24) is 5.32 Å². The highest BCUT2D eigenvalue weighted by Gasteiger charge is 2.17. The highest BCUT2D eigenvalue weighted by atomic mass is 32.2. The third-order valence-electron chi connectivity index (χ3n) is 3.36. The van der Waals surface area contributed by atoms with E-state index < -0.39 is 10.0 Å². The highest BCUT2D eigenvalue weighted by molar-refractivity contribution is 7.92. The molecule has 0 bridgehead atoms. The van der Waals surface area contributed by atoms with Crippen LogP contribution in [0.3, 0.4) is 0 Å². The molecule has 0 spiro atoms. The number of hydrogen-bond acceptors (Lipinski definition) is 3. The molecule has 0 atom stereocenters. The number of carbonyl (C=O) groups is 1. The Kier molecular flexibility index (Phi) is 5.27. The van der Waals surface area contributed by atoms with Crippen molar-refractivity contribution in [3.8, 4) is 12.3 Å². The number of carbonyl (C=O) groups excluding carboxylic acids is 1. The molecule has 2 N–H and O–H groups in total. The smallest absolute Gasteiger partial charge is 0.262 e. The van der Waals surface area contributed by atoms with Crippen molar-refractivity contribution < 1.29 is 13.2 Å². The zero-order chi connectivity index (χ0) is 17.7. The van der Waals surface area contributed by atoms with Crippen LogP contribution in [0.4, 0.5) is 5.69 Å². The molecule has 0 unspecified atom stereocenters. The number of rotatable bonds is 5. The predicted octanol–water partition coefficient (Wildman–Crippen LogP) is 2.47. The summed E-state index contributed by atoms with van der Waals surface area (Å²) >= 11 is 0. The summed E-state index contributed by atoms with van der Waals surface area (Å²) in [5.74, 6) is 1.95. The van der Waals surface area contributed by atoms with E-state index in [1.54, 1.807) is 37.3 Å². The molecule has 24 heavy (non-hydrogen) atoms. The molecule has 6 heteroatoms. The summed E-state index contributed by atoms with van der Waals surface area (Å²) in [6.45, 7) is 3.67. The van der Waals surface area contributed by atoms with E-state index >= 15 is 0 Å². The molecule has 2 aromatic rings. The lowest BCUT2D eigenvalue weighted by Gasteiger charge is -2.12. The van der Waals surface area contributed by atoms with Crippen LogP contribution in [0.25, 0.3) is 0 Å². The Bertz CT molecular complexity index is 912. The fourth-order valence-electron chi connectivity index (χ4n) is 2.16. The first kappa shape index (κ1) is 17.6. The van der Waals surface area contributed by atoms with Gasteiger partial charge in [-0.15, -0.1) is 6.42 Å². The maximum Gasteiger partial charge on any atom is 0.262 e. The van der Waals surface area contributed by atoms with Crippen LogP contribution in [0.1, 0.15) is 21.5 Å². The van der Waals surface area contributed by atoms with Gasteiger partial charge in [0.15, 0.2) is 0 Å². The summed E-state index contributed by atoms with van der Waals surface area (Å²) in [6, 6.07) is 11.5. The first-order chi connectivity index (χ1) is 11.3. The molecule has 0 heterocycles. The Balaban J connectivity index is 2.29. The van der Waals surface area contributed by atoms with E-state index in [0.29, 0.717) is 16.8 Å². The van der Waals surface area contributed by atoms with Crippen LogP contribution in [0.5, 0.6) is 0 Å². The van der Waals surface area contributed by atoms with Crippen molar-refractivity contribution in [2.24, 2.45) is 0 Å². The number of aryl methyl sites for hydroxylation is 2. The maximum absolute atomic E-state index is 12.6. The molecule has 124 valence electrons. The number of benzene rings is 2. The molecule has 2 rings (SSSR count). The molecule has 0 aliphatic carbocycles. The van der Waals surface area contributed by atoms with Gasteiger partial charge in [-0.25, -0.2) is 8.42 Å². The Morgan fingerprint density at radius 1 is 1.17 bits per heavy atom. The summed E-state index contributed by atoms with van der Waals surface area (Å²) in [7, 11) is -3.74. The Morgan fingerprint density at radius 3 is 2.62 bits per heavy atom. The van der Waals surface area contributed by atoms with E-state index in [-0.39, 0.29) is 17.3 Å². The lowest BCUT2D eigenvalue weighted by atomic mass is 10.2. The van der Waals surface area contributed by atoms with Crippen molar-refractivity contribution >= 4 is 21.6 Å². The second-order valence-electron chi connectivity index (χ2n) is 5.34. The van der Waals surface area contributed by atoms with Crippen LogP contribution in [-0.2, 0) is 10.0 Å². The molecule has 0 fully saturated rings. The van der Waals surface area contributed by atoms with Gasteiger partial charge in [0.2, 0.25) is 0 Å². The highest BCUT2D eigenvalue weighted by Crippen LogP contribution is 2.21. The van der Waals surface area contributed by atoms with E-state index in [9.17, 15) is 13.2 Å². The minimum Gasteiger partial charge on any atom is -0.341 e. The van der Waals surface area contributed by atoms with Crippen molar-refractivity contribution in [3.05, 3.63) is 59.2 Å². The van der Waals surface area contributed by atoms with Crippen molar-refractivity contribution in [2.75, 3.05) is 11.3 Å². The largest absolute Gasteiger partial charge is 0.341 e. The summed E-state index contributed by atoms with van der Waals surface area (Å²) < 4.78 is 27.7. The third kappa shape index (κ3) is 4.15. The van der Waals surface area contributed by atoms with Gasteiger partial charge in [-0.2, -0.15) is 0 Å². The standard InChI is InChI=1S/C18H18N2O3S/c1-4-10-19-18(21)15-6-5-7-16(12-15)20-24(22,23)17-11-13(2)8-9-14(17)3/h1,5-9,11-12,20H,10H2,2-3H3,(H,19,21). The first-order valence-electron chi connectivity index (χ1n) is 7.25. The number of amides is 1. The number of sulfonamides is 1. The van der Waals surface area contributed by atoms with Crippen LogP contribution in [0, 0.1) is 26.2 Å². The van der Waals surface area contributed by atoms with Gasteiger partial charge in [0.25, 0.3) is 15.9 Å². The monoisotopic (exact) mass is 342 g/mol. The Hall–Kier alpha value is -2.78. The normalized spacial score (nSPS) is 10.7. The zero-order valence-electron chi connectivity index (χ0n) is 13.5. The van der Waals surface area contributed by atoms with Gasteiger partial charge < -0.3 is 5.32 Å². The maximum atomic E-state index is 12.6. The minimum absolute atomic E-state index is 0.108. The summed E-state index contributed by atoms with van der Waals surface area (Å²) in [6.07, 6.45) is 5.10. The van der Waals surface area contributed by atoms with Gasteiger partial charge >= 0.3 is 0 Å². The van der Waals surface area contributed by atoms with Crippen molar-refractivity contribution in [2.45, 2.75) is 18.7 Å². The molecular formula is C18H18N2O3S. The van der Waals surface area contributed by atoms with Gasteiger partial charge in [-0.1, -0.05) is 24.1 Å². The molecule has 1 amide bonds. The average molecular weight is 342 g/mol. The fraction of sp³-hybridized carbons (Fsp3) is 0.167. The van der Waals surface area contributed by atoms with E-state index in [2.05, 4.69) is 16.0 Å². The van der Waals surface area contributed by atoms with Crippen LogP contribution in [-0.4, -0.2) is 20.9 Å². The van der Waals surface area contributed by atoms with Crippen LogP contribution in [0.2, 0.25) is 0 Å². The van der Waals surface area contributed by atoms with Crippen LogP contribution in [0.15, 0.2) is 47.4 Å². The SMILES string of the molecule is C#CCNC(=O)c1cccc(NS(=O)(=O)c2cc(C)ccc2C)c1. The number of anilines is 1. The molecule has 2 aromatic carbocycles. The molecular weight excluding hydrogens is 324 g/mol.